The number of ether oxygens (including phenoxy) is 2. The molecule has 1 fully saturated rings. The van der Waals surface area contributed by atoms with Crippen LogP contribution in [0.3, 0.4) is 0 Å². The first-order chi connectivity index (χ1) is 8.29. The molecule has 0 bridgehead atoms. The van der Waals surface area contributed by atoms with Crippen molar-refractivity contribution in [1.29, 1.82) is 0 Å². The van der Waals surface area contributed by atoms with Crippen molar-refractivity contribution in [1.82, 2.24) is 0 Å². The Balaban J connectivity index is 1.85. The van der Waals surface area contributed by atoms with Crippen molar-refractivity contribution in [3.63, 3.8) is 0 Å². The highest BCUT2D eigenvalue weighted by Gasteiger charge is 2.29. The lowest BCUT2D eigenvalue weighted by atomic mass is 10.1. The van der Waals surface area contributed by atoms with E-state index >= 15 is 0 Å². The van der Waals surface area contributed by atoms with Crippen LogP contribution < -0.4 is 10.5 Å². The molecule has 0 radical (unpaired) electrons. The molecule has 17 heavy (non-hydrogen) atoms. The van der Waals surface area contributed by atoms with Crippen molar-refractivity contribution in [2.75, 3.05) is 6.54 Å². The molecular formula is C13H17NO3. The van der Waals surface area contributed by atoms with Gasteiger partial charge in [0, 0.05) is 5.92 Å². The number of benzene rings is 1. The summed E-state index contributed by atoms with van der Waals surface area (Å²) in [7, 11) is 0. The number of carbonyl (C=O) groups is 1. The molecule has 1 aromatic carbocycles. The van der Waals surface area contributed by atoms with Crippen molar-refractivity contribution in [2.24, 2.45) is 11.7 Å². The van der Waals surface area contributed by atoms with Crippen molar-refractivity contribution in [3.05, 3.63) is 30.3 Å². The molecule has 1 aliphatic carbocycles. The number of para-hydroxylation sites is 1. The van der Waals surface area contributed by atoms with Crippen LogP contribution in [0.1, 0.15) is 19.3 Å². The van der Waals surface area contributed by atoms with Gasteiger partial charge in [-0.05, 0) is 37.9 Å². The Hall–Kier alpha value is -1.55. The number of nitrogens with two attached hydrogens (primary N) is 1. The zero-order valence-electron chi connectivity index (χ0n) is 9.67. The SMILES string of the molecule is NCC1CCCC1OC(=O)Oc1ccccc1. The lowest BCUT2D eigenvalue weighted by Crippen LogP contribution is -2.28. The highest BCUT2D eigenvalue weighted by atomic mass is 16.7. The van der Waals surface area contributed by atoms with E-state index in [0.29, 0.717) is 12.3 Å². The fourth-order valence-electron chi connectivity index (χ4n) is 2.16. The van der Waals surface area contributed by atoms with E-state index in [9.17, 15) is 4.79 Å². The van der Waals surface area contributed by atoms with Gasteiger partial charge in [0.15, 0.2) is 0 Å². The molecule has 0 amide bonds. The molecule has 2 atom stereocenters. The quantitative estimate of drug-likeness (QED) is 0.645. The van der Waals surface area contributed by atoms with Crippen LogP contribution in [0.2, 0.25) is 0 Å². The molecule has 0 aliphatic heterocycles. The van der Waals surface area contributed by atoms with E-state index in [1.165, 1.54) is 0 Å². The normalized spacial score (nSPS) is 23.4. The third-order valence-electron chi connectivity index (χ3n) is 3.08. The molecule has 2 unspecified atom stereocenters. The Morgan fingerprint density at radius 2 is 2.06 bits per heavy atom. The molecule has 4 nitrogen and oxygen atoms in total. The van der Waals surface area contributed by atoms with Gasteiger partial charge in [0.2, 0.25) is 0 Å². The fraction of sp³-hybridized carbons (Fsp3) is 0.462. The highest BCUT2D eigenvalue weighted by Crippen LogP contribution is 2.27. The van der Waals surface area contributed by atoms with Crippen LogP contribution in [0.15, 0.2) is 30.3 Å². The first-order valence-corrected chi connectivity index (χ1v) is 5.93. The molecule has 0 saturated heterocycles. The fourth-order valence-corrected chi connectivity index (χ4v) is 2.16. The summed E-state index contributed by atoms with van der Waals surface area (Å²) in [6.45, 7) is 0.559. The van der Waals surface area contributed by atoms with Crippen molar-refractivity contribution < 1.29 is 14.3 Å². The minimum Gasteiger partial charge on any atom is -0.430 e. The average Bonchev–Trinajstić information content (AvgIpc) is 2.77. The van der Waals surface area contributed by atoms with E-state index in [1.807, 2.05) is 6.07 Å². The smallest absolute Gasteiger partial charge is 0.430 e. The van der Waals surface area contributed by atoms with Crippen LogP contribution in [-0.2, 0) is 4.74 Å². The predicted octanol–water partition coefficient (Wildman–Crippen LogP) is 2.33. The third-order valence-corrected chi connectivity index (χ3v) is 3.08. The summed E-state index contributed by atoms with van der Waals surface area (Å²) in [5.74, 6) is 0.776. The van der Waals surface area contributed by atoms with Gasteiger partial charge in [0.05, 0.1) is 0 Å². The maximum atomic E-state index is 11.5. The van der Waals surface area contributed by atoms with E-state index in [1.54, 1.807) is 24.3 Å². The predicted molar refractivity (Wildman–Crippen MR) is 63.7 cm³/mol. The molecule has 1 aliphatic rings. The lowest BCUT2D eigenvalue weighted by molar-refractivity contribution is 0.0430. The molecule has 0 heterocycles. The van der Waals surface area contributed by atoms with Gasteiger partial charge in [-0.3, -0.25) is 0 Å². The molecule has 0 aromatic heterocycles. The molecule has 0 spiro atoms. The third kappa shape index (κ3) is 3.20. The lowest BCUT2D eigenvalue weighted by Gasteiger charge is -2.17. The van der Waals surface area contributed by atoms with Crippen LogP contribution in [0.4, 0.5) is 4.79 Å². The van der Waals surface area contributed by atoms with Gasteiger partial charge in [-0.2, -0.15) is 0 Å². The summed E-state index contributed by atoms with van der Waals surface area (Å²) < 4.78 is 10.3. The van der Waals surface area contributed by atoms with Gasteiger partial charge in [-0.15, -0.1) is 0 Å². The average molecular weight is 235 g/mol. The Kier molecular flexibility index (Phi) is 3.98. The number of hydrogen-bond donors (Lipinski definition) is 1. The Morgan fingerprint density at radius 1 is 1.29 bits per heavy atom. The van der Waals surface area contributed by atoms with E-state index in [2.05, 4.69) is 0 Å². The van der Waals surface area contributed by atoms with Crippen molar-refractivity contribution in [2.45, 2.75) is 25.4 Å². The molecular weight excluding hydrogens is 218 g/mol. The summed E-state index contributed by atoms with van der Waals surface area (Å²) in [5, 5.41) is 0. The number of carbonyl (C=O) groups excluding carboxylic acids is 1. The maximum absolute atomic E-state index is 11.5. The zero-order valence-corrected chi connectivity index (χ0v) is 9.67. The molecule has 2 N–H and O–H groups in total. The first-order valence-electron chi connectivity index (χ1n) is 5.93. The van der Waals surface area contributed by atoms with E-state index in [4.69, 9.17) is 15.2 Å². The number of rotatable bonds is 3. The molecule has 1 aromatic rings. The monoisotopic (exact) mass is 235 g/mol. The van der Waals surface area contributed by atoms with Gasteiger partial charge in [-0.25, -0.2) is 4.79 Å². The van der Waals surface area contributed by atoms with Gasteiger partial charge in [0.1, 0.15) is 11.9 Å². The second-order valence-electron chi connectivity index (χ2n) is 4.25. The van der Waals surface area contributed by atoms with Gasteiger partial charge >= 0.3 is 6.16 Å². The summed E-state index contributed by atoms with van der Waals surface area (Å²) in [6.07, 6.45) is 2.24. The van der Waals surface area contributed by atoms with Crippen LogP contribution in [0.5, 0.6) is 5.75 Å². The summed E-state index contributed by atoms with van der Waals surface area (Å²) in [4.78, 5) is 11.5. The zero-order chi connectivity index (χ0) is 12.1. The Labute approximate surface area is 101 Å². The topological polar surface area (TPSA) is 61.5 Å². The van der Waals surface area contributed by atoms with E-state index < -0.39 is 6.16 Å². The van der Waals surface area contributed by atoms with Crippen LogP contribution in [0.25, 0.3) is 0 Å². The summed E-state index contributed by atoms with van der Waals surface area (Å²) in [6, 6.07) is 8.91. The van der Waals surface area contributed by atoms with Gasteiger partial charge in [0.25, 0.3) is 0 Å². The minimum absolute atomic E-state index is 0.0868. The molecule has 2 rings (SSSR count). The largest absolute Gasteiger partial charge is 0.514 e. The molecule has 92 valence electrons. The first kappa shape index (κ1) is 11.9. The van der Waals surface area contributed by atoms with Crippen molar-refractivity contribution >= 4 is 6.16 Å². The summed E-state index contributed by atoms with van der Waals surface area (Å²) >= 11 is 0. The molecule has 1 saturated carbocycles. The second-order valence-corrected chi connectivity index (χ2v) is 4.25. The maximum Gasteiger partial charge on any atom is 0.514 e. The number of hydrogen-bond acceptors (Lipinski definition) is 4. The van der Waals surface area contributed by atoms with Crippen LogP contribution >= 0.6 is 0 Å². The minimum atomic E-state index is -0.637. The highest BCUT2D eigenvalue weighted by molar-refractivity contribution is 5.64. The van der Waals surface area contributed by atoms with Gasteiger partial charge in [-0.1, -0.05) is 18.2 Å². The standard InChI is InChI=1S/C13H17NO3/c14-9-10-5-4-8-12(10)17-13(15)16-11-6-2-1-3-7-11/h1-3,6-7,10,12H,4-5,8-9,14H2. The van der Waals surface area contributed by atoms with E-state index in [0.717, 1.165) is 19.3 Å². The van der Waals surface area contributed by atoms with Crippen LogP contribution in [0, 0.1) is 5.92 Å². The van der Waals surface area contributed by atoms with Crippen LogP contribution in [-0.4, -0.2) is 18.8 Å². The van der Waals surface area contributed by atoms with Crippen molar-refractivity contribution in [3.8, 4) is 5.75 Å². The summed E-state index contributed by atoms with van der Waals surface area (Å²) in [5.41, 5.74) is 5.62. The van der Waals surface area contributed by atoms with E-state index in [-0.39, 0.29) is 12.0 Å². The Morgan fingerprint density at radius 3 is 2.76 bits per heavy atom. The second kappa shape index (κ2) is 5.68. The Bertz CT molecular complexity index is 366. The van der Waals surface area contributed by atoms with Gasteiger partial charge < -0.3 is 15.2 Å². The molecule has 4 heteroatoms.